The van der Waals surface area contributed by atoms with Crippen LogP contribution in [0.4, 0.5) is 0 Å². The van der Waals surface area contributed by atoms with Crippen LogP contribution in [0.3, 0.4) is 0 Å². The van der Waals surface area contributed by atoms with Gasteiger partial charge in [0, 0.05) is 21.8 Å². The fraction of sp³-hybridized carbons (Fsp3) is 0.0588. The summed E-state index contributed by atoms with van der Waals surface area (Å²) >= 11 is 0. The molecule has 52 heavy (non-hydrogen) atoms. The molecule has 0 amide bonds. The van der Waals surface area contributed by atoms with E-state index >= 15 is 0 Å². The van der Waals surface area contributed by atoms with Gasteiger partial charge in [0.05, 0.1) is 0 Å². The molecule has 0 fully saturated rings. The summed E-state index contributed by atoms with van der Waals surface area (Å²) in [6.45, 7) is 4.65. The minimum absolute atomic E-state index is 0.0706. The van der Waals surface area contributed by atoms with Gasteiger partial charge in [-0.3, -0.25) is 0 Å². The maximum absolute atomic E-state index is 6.91. The first kappa shape index (κ1) is 29.3. The molecule has 10 aromatic rings. The number of benzene rings is 9. The van der Waals surface area contributed by atoms with E-state index in [0.29, 0.717) is 0 Å². The quantitative estimate of drug-likeness (QED) is 0.172. The molecule has 9 aromatic carbocycles. The van der Waals surface area contributed by atoms with E-state index in [2.05, 4.69) is 184 Å². The van der Waals surface area contributed by atoms with Crippen LogP contribution in [0.2, 0.25) is 0 Å². The van der Waals surface area contributed by atoms with Gasteiger partial charge in [-0.25, -0.2) is 0 Å². The summed E-state index contributed by atoms with van der Waals surface area (Å²) in [6, 6.07) is 62.4. The molecule has 1 heterocycles. The standard InChI is InChI=1S/C51H34O/c1-51(2)44-21-10-9-20-43(44)49-45(51)27-26-42-37-25-24-36(30-46(37)52-50(42)49)48-40-18-7-5-16-38(40)47(39-17-6-8-19-41(39)48)35-15-11-14-33(29-35)34-23-22-31-12-3-4-13-32(31)28-34/h3-30H,1-2H3. The van der Waals surface area contributed by atoms with Crippen molar-refractivity contribution in [1.29, 1.82) is 0 Å². The van der Waals surface area contributed by atoms with Crippen molar-refractivity contribution in [3.63, 3.8) is 0 Å². The molecule has 0 saturated heterocycles. The molecule has 0 bridgehead atoms. The van der Waals surface area contributed by atoms with Crippen LogP contribution in [0.5, 0.6) is 0 Å². The van der Waals surface area contributed by atoms with Gasteiger partial charge < -0.3 is 4.42 Å². The van der Waals surface area contributed by atoms with E-state index in [1.807, 2.05) is 0 Å². The van der Waals surface area contributed by atoms with Crippen LogP contribution in [0, 0.1) is 0 Å². The molecule has 1 nitrogen and oxygen atoms in total. The Morgan fingerprint density at radius 2 is 0.942 bits per heavy atom. The lowest BCUT2D eigenvalue weighted by Gasteiger charge is -2.21. The molecular formula is C51H34O. The lowest BCUT2D eigenvalue weighted by atomic mass is 9.82. The lowest BCUT2D eigenvalue weighted by molar-refractivity contribution is 0.653. The molecule has 11 rings (SSSR count). The Labute approximate surface area is 302 Å². The van der Waals surface area contributed by atoms with Gasteiger partial charge >= 0.3 is 0 Å². The molecular weight excluding hydrogens is 629 g/mol. The molecule has 0 N–H and O–H groups in total. The maximum atomic E-state index is 6.91. The first-order valence-electron chi connectivity index (χ1n) is 18.2. The number of fused-ring (bicyclic) bond motifs is 10. The third kappa shape index (κ3) is 4.11. The Morgan fingerprint density at radius 1 is 0.365 bits per heavy atom. The van der Waals surface area contributed by atoms with Crippen LogP contribution in [-0.4, -0.2) is 0 Å². The van der Waals surface area contributed by atoms with Crippen LogP contribution in [-0.2, 0) is 5.41 Å². The van der Waals surface area contributed by atoms with Crippen molar-refractivity contribution >= 4 is 54.3 Å². The van der Waals surface area contributed by atoms with Gasteiger partial charge in [-0.15, -0.1) is 0 Å². The smallest absolute Gasteiger partial charge is 0.143 e. The highest BCUT2D eigenvalue weighted by Gasteiger charge is 2.37. The third-order valence-electron chi connectivity index (χ3n) is 11.6. The van der Waals surface area contributed by atoms with Crippen LogP contribution < -0.4 is 0 Å². The summed E-state index contributed by atoms with van der Waals surface area (Å²) in [7, 11) is 0. The zero-order valence-electron chi connectivity index (χ0n) is 29.1. The van der Waals surface area contributed by atoms with Gasteiger partial charge in [0.25, 0.3) is 0 Å². The molecule has 1 aliphatic rings. The van der Waals surface area contributed by atoms with Gasteiger partial charge in [0.1, 0.15) is 11.2 Å². The fourth-order valence-corrected chi connectivity index (χ4v) is 9.15. The average Bonchev–Trinajstić information content (AvgIpc) is 3.68. The highest BCUT2D eigenvalue weighted by molar-refractivity contribution is 6.22. The molecule has 1 aliphatic carbocycles. The second-order valence-electron chi connectivity index (χ2n) is 14.8. The maximum Gasteiger partial charge on any atom is 0.143 e. The predicted molar refractivity (Wildman–Crippen MR) is 220 cm³/mol. The number of hydrogen-bond acceptors (Lipinski definition) is 1. The topological polar surface area (TPSA) is 13.1 Å². The van der Waals surface area contributed by atoms with Crippen molar-refractivity contribution in [2.24, 2.45) is 0 Å². The van der Waals surface area contributed by atoms with E-state index in [4.69, 9.17) is 4.42 Å². The number of hydrogen-bond donors (Lipinski definition) is 0. The van der Waals surface area contributed by atoms with Crippen LogP contribution in [0.15, 0.2) is 174 Å². The highest BCUT2D eigenvalue weighted by Crippen LogP contribution is 2.53. The van der Waals surface area contributed by atoms with Crippen molar-refractivity contribution < 1.29 is 4.42 Å². The molecule has 0 unspecified atom stereocenters. The normalized spacial score (nSPS) is 13.3. The largest absolute Gasteiger partial charge is 0.455 e. The van der Waals surface area contributed by atoms with Crippen LogP contribution in [0.1, 0.15) is 25.0 Å². The minimum atomic E-state index is -0.0706. The highest BCUT2D eigenvalue weighted by atomic mass is 16.3. The Balaban J connectivity index is 1.12. The SMILES string of the molecule is CC1(C)c2ccccc2-c2c1ccc1c2oc2cc(-c3c4ccccc4c(-c4cccc(-c5ccc6ccccc6c5)c4)c4ccccc34)ccc21. The van der Waals surface area contributed by atoms with Crippen molar-refractivity contribution in [3.05, 3.63) is 181 Å². The lowest BCUT2D eigenvalue weighted by Crippen LogP contribution is -2.14. The van der Waals surface area contributed by atoms with E-state index in [1.54, 1.807) is 0 Å². The van der Waals surface area contributed by atoms with E-state index in [-0.39, 0.29) is 5.41 Å². The summed E-state index contributed by atoms with van der Waals surface area (Å²) < 4.78 is 6.91. The molecule has 244 valence electrons. The van der Waals surface area contributed by atoms with Crippen molar-refractivity contribution in [2.75, 3.05) is 0 Å². The van der Waals surface area contributed by atoms with Gasteiger partial charge in [-0.05, 0) is 107 Å². The van der Waals surface area contributed by atoms with Crippen molar-refractivity contribution in [3.8, 4) is 44.5 Å². The van der Waals surface area contributed by atoms with E-state index in [1.165, 1.54) is 87.8 Å². The molecule has 0 aliphatic heterocycles. The zero-order chi connectivity index (χ0) is 34.6. The third-order valence-corrected chi connectivity index (χ3v) is 11.6. The van der Waals surface area contributed by atoms with Gasteiger partial charge in [-0.2, -0.15) is 0 Å². The molecule has 0 spiro atoms. The van der Waals surface area contributed by atoms with Gasteiger partial charge in [0.15, 0.2) is 0 Å². The first-order chi connectivity index (χ1) is 25.5. The second-order valence-corrected chi connectivity index (χ2v) is 14.8. The summed E-state index contributed by atoms with van der Waals surface area (Å²) in [5.74, 6) is 0. The Kier molecular flexibility index (Phi) is 6.08. The molecule has 0 radical (unpaired) electrons. The minimum Gasteiger partial charge on any atom is -0.455 e. The first-order valence-corrected chi connectivity index (χ1v) is 18.2. The zero-order valence-corrected chi connectivity index (χ0v) is 29.1. The van der Waals surface area contributed by atoms with Crippen molar-refractivity contribution in [2.45, 2.75) is 19.3 Å². The molecule has 0 saturated carbocycles. The average molecular weight is 663 g/mol. The molecule has 1 heteroatoms. The number of furan rings is 1. The Bertz CT molecular complexity index is 3040. The van der Waals surface area contributed by atoms with Crippen LogP contribution in [0.25, 0.3) is 98.8 Å². The van der Waals surface area contributed by atoms with Crippen LogP contribution >= 0.6 is 0 Å². The van der Waals surface area contributed by atoms with Crippen molar-refractivity contribution in [1.82, 2.24) is 0 Å². The van der Waals surface area contributed by atoms with E-state index in [9.17, 15) is 0 Å². The van der Waals surface area contributed by atoms with Gasteiger partial charge in [-0.1, -0.05) is 159 Å². The second kappa shape index (κ2) is 10.8. The van der Waals surface area contributed by atoms with Gasteiger partial charge in [0.2, 0.25) is 0 Å². The molecule has 0 atom stereocenters. The Hall–Kier alpha value is -6.44. The summed E-state index contributed by atoms with van der Waals surface area (Å²) in [5.41, 5.74) is 14.4. The van der Waals surface area contributed by atoms with E-state index in [0.717, 1.165) is 22.1 Å². The van der Waals surface area contributed by atoms with E-state index < -0.39 is 0 Å². The predicted octanol–water partition coefficient (Wildman–Crippen LogP) is 14.4. The molecule has 1 aromatic heterocycles. The summed E-state index contributed by atoms with van der Waals surface area (Å²) in [6.07, 6.45) is 0. The summed E-state index contributed by atoms with van der Waals surface area (Å²) in [5, 5.41) is 9.79. The fourth-order valence-electron chi connectivity index (χ4n) is 9.15. The summed E-state index contributed by atoms with van der Waals surface area (Å²) in [4.78, 5) is 0. The monoisotopic (exact) mass is 662 g/mol. The Morgan fingerprint density at radius 3 is 1.69 bits per heavy atom. The number of rotatable bonds is 3.